The van der Waals surface area contributed by atoms with Crippen LogP contribution in [-0.4, -0.2) is 9.13 Å². The second-order valence-electron chi connectivity index (χ2n) is 8.84. The maximum atomic E-state index is 4.07. The summed E-state index contributed by atoms with van der Waals surface area (Å²) in [5.41, 5.74) is 7.50. The fourth-order valence-electron chi connectivity index (χ4n) is 4.93. The lowest BCUT2D eigenvalue weighted by molar-refractivity contribution is -0.702. The molecule has 174 valence electrons. The van der Waals surface area contributed by atoms with Gasteiger partial charge in [-0.05, 0) is 37.1 Å². The van der Waals surface area contributed by atoms with E-state index in [1.807, 2.05) is 12.4 Å². The van der Waals surface area contributed by atoms with Gasteiger partial charge >= 0.3 is 0 Å². The average Bonchev–Trinajstić information content (AvgIpc) is 3.26. The van der Waals surface area contributed by atoms with E-state index >= 15 is 0 Å². The molecule has 0 N–H and O–H groups in total. The highest BCUT2D eigenvalue weighted by Crippen LogP contribution is 2.22. The van der Waals surface area contributed by atoms with Gasteiger partial charge in [-0.2, -0.15) is 0 Å². The average molecular weight is 453 g/mol. The highest BCUT2D eigenvalue weighted by atomic mass is 15.2. The SMILES string of the molecule is C=Cn1c(C)c(C)[n+](CCCC[n+]2c(C)c(C)n(C=C)c2-c2ccccc2)c1-c1ccccc1. The van der Waals surface area contributed by atoms with Crippen LogP contribution in [0.25, 0.3) is 35.2 Å². The molecule has 0 unspecified atom stereocenters. The third-order valence-electron chi connectivity index (χ3n) is 6.99. The fourth-order valence-corrected chi connectivity index (χ4v) is 4.93. The summed E-state index contributed by atoms with van der Waals surface area (Å²) in [5, 5.41) is 0. The van der Waals surface area contributed by atoms with Crippen molar-refractivity contribution in [3.8, 4) is 22.8 Å². The first-order valence-corrected chi connectivity index (χ1v) is 12.1. The minimum absolute atomic E-state index is 0.971. The van der Waals surface area contributed by atoms with Crippen LogP contribution < -0.4 is 9.13 Å². The number of imidazole rings is 2. The quantitative estimate of drug-likeness (QED) is 0.215. The van der Waals surface area contributed by atoms with Crippen LogP contribution in [0.15, 0.2) is 73.8 Å². The fraction of sp³-hybridized carbons (Fsp3) is 0.267. The third-order valence-corrected chi connectivity index (χ3v) is 6.99. The molecular formula is C30H36N4+2. The van der Waals surface area contributed by atoms with Crippen LogP contribution in [0.5, 0.6) is 0 Å². The second kappa shape index (κ2) is 10.1. The number of nitrogens with zero attached hydrogens (tertiary/aromatic N) is 4. The first kappa shape index (κ1) is 23.5. The van der Waals surface area contributed by atoms with E-state index < -0.39 is 0 Å². The zero-order valence-electron chi connectivity index (χ0n) is 21.0. The van der Waals surface area contributed by atoms with Gasteiger partial charge in [0, 0.05) is 27.7 Å². The lowest BCUT2D eigenvalue weighted by atomic mass is 10.2. The lowest BCUT2D eigenvalue weighted by Gasteiger charge is -2.06. The highest BCUT2D eigenvalue weighted by molar-refractivity contribution is 5.57. The van der Waals surface area contributed by atoms with Gasteiger partial charge in [-0.25, -0.2) is 18.3 Å². The van der Waals surface area contributed by atoms with Crippen LogP contribution >= 0.6 is 0 Å². The molecule has 0 fully saturated rings. The number of benzene rings is 2. The van der Waals surface area contributed by atoms with Crippen LogP contribution in [0.4, 0.5) is 0 Å². The lowest BCUT2D eigenvalue weighted by Crippen LogP contribution is -2.40. The molecule has 0 bridgehead atoms. The summed E-state index contributed by atoms with van der Waals surface area (Å²) in [4.78, 5) is 0. The molecule has 4 rings (SSSR count). The molecule has 4 nitrogen and oxygen atoms in total. The molecule has 0 saturated carbocycles. The van der Waals surface area contributed by atoms with Gasteiger partial charge in [0.05, 0.1) is 36.6 Å². The second-order valence-corrected chi connectivity index (χ2v) is 8.84. The van der Waals surface area contributed by atoms with Crippen molar-refractivity contribution in [3.63, 3.8) is 0 Å². The van der Waals surface area contributed by atoms with Gasteiger partial charge in [0.1, 0.15) is 22.8 Å². The van der Waals surface area contributed by atoms with E-state index in [1.54, 1.807) is 0 Å². The molecule has 0 aliphatic rings. The molecule has 2 heterocycles. The minimum Gasteiger partial charge on any atom is -0.227 e. The standard InChI is InChI=1S/C30H36N4/c1-7-31-23(3)25(5)33(29(31)27-17-11-9-12-18-27)21-15-16-22-34-26(6)24(4)32(8-2)30(34)28-19-13-10-14-20-28/h7-14,17-20H,1-2,15-16,21-22H2,3-6H3/q+2. The molecule has 4 heteroatoms. The van der Waals surface area contributed by atoms with Crippen LogP contribution in [0.2, 0.25) is 0 Å². The van der Waals surface area contributed by atoms with Crippen molar-refractivity contribution in [3.05, 3.63) is 96.6 Å². The first-order valence-electron chi connectivity index (χ1n) is 12.1. The molecule has 0 spiro atoms. The van der Waals surface area contributed by atoms with Crippen molar-refractivity contribution in [2.45, 2.75) is 53.6 Å². The summed E-state index contributed by atoms with van der Waals surface area (Å²) >= 11 is 0. The molecule has 0 aliphatic heterocycles. The van der Waals surface area contributed by atoms with E-state index in [0.717, 1.165) is 25.9 Å². The van der Waals surface area contributed by atoms with Crippen LogP contribution in [0.3, 0.4) is 0 Å². The molecule has 0 aliphatic carbocycles. The van der Waals surface area contributed by atoms with Crippen LogP contribution in [-0.2, 0) is 13.1 Å². The molecule has 0 saturated heterocycles. The Morgan fingerprint density at radius 3 is 1.29 bits per heavy atom. The van der Waals surface area contributed by atoms with E-state index in [-0.39, 0.29) is 0 Å². The van der Waals surface area contributed by atoms with Gasteiger partial charge in [-0.1, -0.05) is 49.6 Å². The highest BCUT2D eigenvalue weighted by Gasteiger charge is 2.27. The van der Waals surface area contributed by atoms with E-state index in [0.29, 0.717) is 0 Å². The summed E-state index contributed by atoms with van der Waals surface area (Å²) in [5.74, 6) is 2.40. The van der Waals surface area contributed by atoms with Gasteiger partial charge in [0.2, 0.25) is 0 Å². The maximum absolute atomic E-state index is 4.07. The number of hydrogen-bond acceptors (Lipinski definition) is 0. The van der Waals surface area contributed by atoms with Gasteiger partial charge in [0.25, 0.3) is 11.6 Å². The third kappa shape index (κ3) is 4.16. The molecule has 4 aromatic rings. The Morgan fingerprint density at radius 2 is 0.971 bits per heavy atom. The molecule has 34 heavy (non-hydrogen) atoms. The smallest absolute Gasteiger partial charge is 0.227 e. The first-order chi connectivity index (χ1) is 16.5. The van der Waals surface area contributed by atoms with Gasteiger partial charge < -0.3 is 0 Å². The monoisotopic (exact) mass is 452 g/mol. The normalized spacial score (nSPS) is 11.1. The van der Waals surface area contributed by atoms with Crippen molar-refractivity contribution in [1.29, 1.82) is 0 Å². The Labute approximate surface area is 203 Å². The Morgan fingerprint density at radius 1 is 0.618 bits per heavy atom. The topological polar surface area (TPSA) is 17.6 Å². The molecule has 0 radical (unpaired) electrons. The summed E-state index contributed by atoms with van der Waals surface area (Å²) in [6, 6.07) is 21.2. The van der Waals surface area contributed by atoms with E-state index in [2.05, 4.69) is 120 Å². The molecule has 2 aromatic heterocycles. The summed E-state index contributed by atoms with van der Waals surface area (Å²) in [6.07, 6.45) is 6.02. The van der Waals surface area contributed by atoms with Gasteiger partial charge in [0.15, 0.2) is 0 Å². The number of hydrogen-bond donors (Lipinski definition) is 0. The predicted octanol–water partition coefficient (Wildman–Crippen LogP) is 6.11. The molecule has 0 atom stereocenters. The minimum atomic E-state index is 0.971. The Hall–Kier alpha value is -3.66. The Kier molecular flexibility index (Phi) is 6.97. The van der Waals surface area contributed by atoms with Gasteiger partial charge in [-0.15, -0.1) is 0 Å². The van der Waals surface area contributed by atoms with Crippen molar-refractivity contribution in [1.82, 2.24) is 9.13 Å². The number of rotatable bonds is 9. The summed E-state index contributed by atoms with van der Waals surface area (Å²) < 4.78 is 9.32. The van der Waals surface area contributed by atoms with Crippen molar-refractivity contribution in [2.24, 2.45) is 0 Å². The van der Waals surface area contributed by atoms with Crippen molar-refractivity contribution >= 4 is 12.4 Å². The van der Waals surface area contributed by atoms with Crippen molar-refractivity contribution in [2.75, 3.05) is 0 Å². The zero-order valence-corrected chi connectivity index (χ0v) is 21.0. The predicted molar refractivity (Wildman–Crippen MR) is 141 cm³/mol. The van der Waals surface area contributed by atoms with Crippen LogP contribution in [0.1, 0.15) is 35.6 Å². The summed E-state index contributed by atoms with van der Waals surface area (Å²) in [6.45, 7) is 18.9. The Balaban J connectivity index is 1.59. The zero-order chi connectivity index (χ0) is 24.2. The largest absolute Gasteiger partial charge is 0.293 e. The molecular weight excluding hydrogens is 416 g/mol. The Bertz CT molecular complexity index is 1200. The molecule has 2 aromatic carbocycles. The number of aromatic nitrogens is 4. The molecule has 0 amide bonds. The van der Waals surface area contributed by atoms with Crippen molar-refractivity contribution < 1.29 is 9.13 Å². The maximum Gasteiger partial charge on any atom is 0.293 e. The van der Waals surface area contributed by atoms with Gasteiger partial charge in [-0.3, -0.25) is 0 Å². The van der Waals surface area contributed by atoms with E-state index in [4.69, 9.17) is 0 Å². The van der Waals surface area contributed by atoms with E-state index in [9.17, 15) is 0 Å². The van der Waals surface area contributed by atoms with Crippen LogP contribution in [0, 0.1) is 27.7 Å². The van der Waals surface area contributed by atoms with E-state index in [1.165, 1.54) is 45.6 Å². The number of unbranched alkanes of at least 4 members (excludes halogenated alkanes) is 1. The summed E-state index contributed by atoms with van der Waals surface area (Å²) in [7, 11) is 0.